The summed E-state index contributed by atoms with van der Waals surface area (Å²) in [5.74, 6) is -0.627. The summed E-state index contributed by atoms with van der Waals surface area (Å²) in [6, 6.07) is 11.8. The van der Waals surface area contributed by atoms with Crippen LogP contribution in [0.1, 0.15) is 30.7 Å². The lowest BCUT2D eigenvalue weighted by Crippen LogP contribution is -2.12. The number of hydrogen-bond acceptors (Lipinski definition) is 8. The Kier molecular flexibility index (Phi) is 8.20. The first kappa shape index (κ1) is 28.4. The van der Waals surface area contributed by atoms with Gasteiger partial charge in [-0.25, -0.2) is 4.98 Å². The fourth-order valence-electron chi connectivity index (χ4n) is 4.15. The quantitative estimate of drug-likeness (QED) is 0.173. The molecule has 4 rings (SSSR count). The summed E-state index contributed by atoms with van der Waals surface area (Å²) in [4.78, 5) is 7.95. The lowest BCUT2D eigenvalue weighted by Gasteiger charge is -2.17. The van der Waals surface area contributed by atoms with Crippen LogP contribution in [-0.2, 0) is 33.0 Å². The molecule has 0 saturated heterocycles. The molecule has 13 heteroatoms. The highest BCUT2D eigenvalue weighted by Gasteiger charge is 2.35. The molecule has 0 bridgehead atoms. The average molecular weight is 564 g/mol. The number of halogens is 3. The van der Waals surface area contributed by atoms with Gasteiger partial charge in [0.1, 0.15) is 11.4 Å². The van der Waals surface area contributed by atoms with Crippen LogP contribution in [-0.4, -0.2) is 32.9 Å². The number of benzene rings is 2. The van der Waals surface area contributed by atoms with Gasteiger partial charge in [-0.05, 0) is 44.5 Å². The van der Waals surface area contributed by atoms with Crippen LogP contribution in [0, 0.1) is 6.92 Å². The van der Waals surface area contributed by atoms with Gasteiger partial charge in [0.25, 0.3) is 0 Å². The number of alkyl halides is 3. The molecule has 0 amide bonds. The Morgan fingerprint density at radius 3 is 2.33 bits per heavy atom. The Hall–Kier alpha value is -3.60. The molecule has 0 aliphatic rings. The van der Waals surface area contributed by atoms with Gasteiger partial charge in [0.05, 0.1) is 30.4 Å². The molecule has 0 fully saturated rings. The standard InChI is InChI=1S/C26H29F3N5O4P/c1-5-37-39(36,38-6-2)15-17-10-12-18(13-11-17)31-25-30-14-20(26(27,28)29)23(33-25)32-21-9-7-8-19-16(3)34(4)24(35)22(19)21/h7-14,35H,5-6,15H2,1-4H3,(H2,30,31,32,33). The van der Waals surface area contributed by atoms with Crippen molar-refractivity contribution < 1.29 is 31.9 Å². The first-order valence-electron chi connectivity index (χ1n) is 12.2. The second kappa shape index (κ2) is 11.3. The molecule has 0 atom stereocenters. The van der Waals surface area contributed by atoms with E-state index >= 15 is 0 Å². The molecule has 0 unspecified atom stereocenters. The number of hydrogen-bond donors (Lipinski definition) is 3. The zero-order valence-corrected chi connectivity index (χ0v) is 22.7. The molecule has 0 aliphatic carbocycles. The van der Waals surface area contributed by atoms with E-state index in [0.717, 1.165) is 5.69 Å². The Morgan fingerprint density at radius 1 is 1.05 bits per heavy atom. The van der Waals surface area contributed by atoms with Gasteiger partial charge in [0.15, 0.2) is 0 Å². The summed E-state index contributed by atoms with van der Waals surface area (Å²) >= 11 is 0. The van der Waals surface area contributed by atoms with Gasteiger partial charge in [-0.1, -0.05) is 24.3 Å². The molecule has 208 valence electrons. The van der Waals surface area contributed by atoms with E-state index in [1.165, 1.54) is 0 Å². The molecule has 39 heavy (non-hydrogen) atoms. The van der Waals surface area contributed by atoms with E-state index < -0.39 is 25.2 Å². The summed E-state index contributed by atoms with van der Waals surface area (Å²) in [6.45, 7) is 5.76. The molecule has 2 heterocycles. The van der Waals surface area contributed by atoms with Gasteiger partial charge >= 0.3 is 13.8 Å². The first-order valence-corrected chi connectivity index (χ1v) is 13.9. The highest BCUT2D eigenvalue weighted by Crippen LogP contribution is 2.51. The molecule has 4 aromatic rings. The minimum absolute atomic E-state index is 0.0757. The zero-order valence-electron chi connectivity index (χ0n) is 21.8. The van der Waals surface area contributed by atoms with E-state index in [9.17, 15) is 22.8 Å². The van der Waals surface area contributed by atoms with Crippen molar-refractivity contribution in [2.75, 3.05) is 23.8 Å². The van der Waals surface area contributed by atoms with Crippen molar-refractivity contribution in [2.45, 2.75) is 33.1 Å². The van der Waals surface area contributed by atoms with Crippen LogP contribution in [0.2, 0.25) is 0 Å². The smallest absolute Gasteiger partial charge is 0.421 e. The molecule has 0 spiro atoms. The summed E-state index contributed by atoms with van der Waals surface area (Å²) in [6.07, 6.45) is -3.94. The second-order valence-electron chi connectivity index (χ2n) is 8.70. The zero-order chi connectivity index (χ0) is 28.4. The lowest BCUT2D eigenvalue weighted by atomic mass is 10.1. The van der Waals surface area contributed by atoms with Crippen LogP contribution < -0.4 is 10.6 Å². The van der Waals surface area contributed by atoms with Gasteiger partial charge in [0, 0.05) is 30.0 Å². The second-order valence-corrected chi connectivity index (χ2v) is 10.8. The molecular weight excluding hydrogens is 534 g/mol. The van der Waals surface area contributed by atoms with Crippen molar-refractivity contribution in [2.24, 2.45) is 7.05 Å². The number of nitrogens with one attached hydrogen (secondary N) is 2. The molecular formula is C26H29F3N5O4P. The molecule has 9 nitrogen and oxygen atoms in total. The number of aryl methyl sites for hydroxylation is 1. The maximum atomic E-state index is 13.8. The van der Waals surface area contributed by atoms with E-state index in [1.807, 2.05) is 0 Å². The fraction of sp³-hybridized carbons (Fsp3) is 0.308. The minimum Gasteiger partial charge on any atom is -0.494 e. The molecule has 0 saturated carbocycles. The van der Waals surface area contributed by atoms with Crippen LogP contribution in [0.15, 0.2) is 48.7 Å². The topological polar surface area (TPSA) is 111 Å². The molecule has 3 N–H and O–H groups in total. The van der Waals surface area contributed by atoms with Crippen molar-refractivity contribution in [3.05, 3.63) is 65.5 Å². The predicted molar refractivity (Wildman–Crippen MR) is 144 cm³/mol. The van der Waals surface area contributed by atoms with Crippen molar-refractivity contribution >= 4 is 41.5 Å². The highest BCUT2D eigenvalue weighted by atomic mass is 31.2. The highest BCUT2D eigenvalue weighted by molar-refractivity contribution is 7.53. The molecule has 0 aliphatic heterocycles. The van der Waals surface area contributed by atoms with Crippen LogP contribution >= 0.6 is 7.60 Å². The Morgan fingerprint density at radius 2 is 1.72 bits per heavy atom. The molecule has 2 aromatic carbocycles. The monoisotopic (exact) mass is 563 g/mol. The number of nitrogens with zero attached hydrogens (tertiary/aromatic N) is 3. The van der Waals surface area contributed by atoms with E-state index in [4.69, 9.17) is 9.05 Å². The number of rotatable bonds is 10. The molecule has 0 radical (unpaired) electrons. The summed E-state index contributed by atoms with van der Waals surface area (Å²) in [5, 5.41) is 17.3. The SMILES string of the molecule is CCOP(=O)(Cc1ccc(Nc2ncc(C(F)(F)F)c(Nc3cccc4c(C)n(C)c(O)c34)n2)cc1)OCC. The third kappa shape index (κ3) is 6.19. The third-order valence-electron chi connectivity index (χ3n) is 6.08. The normalized spacial score (nSPS) is 12.2. The van der Waals surface area contributed by atoms with Crippen molar-refractivity contribution in [1.82, 2.24) is 14.5 Å². The maximum absolute atomic E-state index is 13.8. The number of aromatic nitrogens is 3. The molecule has 2 aromatic heterocycles. The van der Waals surface area contributed by atoms with Crippen molar-refractivity contribution in [1.29, 1.82) is 0 Å². The summed E-state index contributed by atoms with van der Waals surface area (Å²) < 4.78 is 66.5. The van der Waals surface area contributed by atoms with Gasteiger partial charge in [-0.3, -0.25) is 4.57 Å². The Labute approximate surface area is 223 Å². The van der Waals surface area contributed by atoms with Gasteiger partial charge in [0.2, 0.25) is 11.8 Å². The van der Waals surface area contributed by atoms with Crippen molar-refractivity contribution in [3.8, 4) is 5.88 Å². The van der Waals surface area contributed by atoms with Crippen LogP contribution in [0.25, 0.3) is 10.8 Å². The number of fused-ring (bicyclic) bond motifs is 1. The van der Waals surface area contributed by atoms with E-state index in [-0.39, 0.29) is 36.9 Å². The van der Waals surface area contributed by atoms with Crippen molar-refractivity contribution in [3.63, 3.8) is 0 Å². The average Bonchev–Trinajstić information content (AvgIpc) is 3.09. The van der Waals surface area contributed by atoms with E-state index in [0.29, 0.717) is 28.2 Å². The fourth-order valence-corrected chi connectivity index (χ4v) is 5.85. The first-order chi connectivity index (χ1) is 18.5. The van der Waals surface area contributed by atoms with Gasteiger partial charge < -0.3 is 29.4 Å². The Balaban J connectivity index is 1.62. The van der Waals surface area contributed by atoms with Crippen LogP contribution in [0.3, 0.4) is 0 Å². The van der Waals surface area contributed by atoms with Gasteiger partial charge in [-0.2, -0.15) is 18.2 Å². The minimum atomic E-state index is -4.72. The van der Waals surface area contributed by atoms with Crippen LogP contribution in [0.5, 0.6) is 5.88 Å². The predicted octanol–water partition coefficient (Wildman–Crippen LogP) is 7.25. The lowest BCUT2D eigenvalue weighted by molar-refractivity contribution is -0.137. The third-order valence-corrected chi connectivity index (χ3v) is 8.14. The summed E-state index contributed by atoms with van der Waals surface area (Å²) in [7, 11) is -1.62. The number of aromatic hydroxyl groups is 1. The number of anilines is 4. The van der Waals surface area contributed by atoms with Gasteiger partial charge in [-0.15, -0.1) is 0 Å². The largest absolute Gasteiger partial charge is 0.494 e. The summed E-state index contributed by atoms with van der Waals surface area (Å²) in [5.41, 5.74) is 1.17. The van der Waals surface area contributed by atoms with E-state index in [2.05, 4.69) is 20.6 Å². The Bertz CT molecular complexity index is 1510. The maximum Gasteiger partial charge on any atom is 0.421 e. The van der Waals surface area contributed by atoms with Crippen LogP contribution in [0.4, 0.5) is 36.3 Å². The van der Waals surface area contributed by atoms with E-state index in [1.54, 1.807) is 74.9 Å².